The van der Waals surface area contributed by atoms with Crippen molar-refractivity contribution in [3.63, 3.8) is 0 Å². The number of nitrogens with two attached hydrogens (primary N) is 1. The minimum atomic E-state index is -4.51. The molecule has 2 nitrogen and oxygen atoms in total. The molecule has 0 aliphatic heterocycles. The van der Waals surface area contributed by atoms with Gasteiger partial charge in [0.15, 0.2) is 0 Å². The average Bonchev–Trinajstić information content (AvgIpc) is 2.33. The van der Waals surface area contributed by atoms with Crippen LogP contribution >= 0.6 is 15.9 Å². The maximum Gasteiger partial charge on any atom is 0.418 e. The van der Waals surface area contributed by atoms with Gasteiger partial charge in [-0.2, -0.15) is 13.2 Å². The maximum atomic E-state index is 12.8. The van der Waals surface area contributed by atoms with Gasteiger partial charge in [-0.1, -0.05) is 6.07 Å². The lowest BCUT2D eigenvalue weighted by atomic mass is 10.1. The molecular weight excluding hydrogens is 335 g/mol. The minimum absolute atomic E-state index is 0.0797. The van der Waals surface area contributed by atoms with Crippen molar-refractivity contribution in [2.24, 2.45) is 0 Å². The van der Waals surface area contributed by atoms with Gasteiger partial charge in [0.05, 0.1) is 10.0 Å². The third-order valence-corrected chi connectivity index (χ3v) is 3.27. The van der Waals surface area contributed by atoms with Gasteiger partial charge in [0.1, 0.15) is 11.5 Å². The number of ether oxygens (including phenoxy) is 1. The third kappa shape index (κ3) is 3.25. The van der Waals surface area contributed by atoms with E-state index < -0.39 is 11.7 Å². The molecule has 0 amide bonds. The van der Waals surface area contributed by atoms with Crippen LogP contribution in [0.15, 0.2) is 40.9 Å². The number of benzene rings is 2. The Morgan fingerprint density at radius 3 is 2.40 bits per heavy atom. The predicted molar refractivity (Wildman–Crippen MR) is 74.8 cm³/mol. The zero-order chi connectivity index (χ0) is 14.9. The molecule has 2 N–H and O–H groups in total. The zero-order valence-electron chi connectivity index (χ0n) is 10.5. The Bertz CT molecular complexity index is 641. The zero-order valence-corrected chi connectivity index (χ0v) is 12.0. The minimum Gasteiger partial charge on any atom is -0.456 e. The number of aryl methyl sites for hydroxylation is 1. The molecule has 6 heteroatoms. The van der Waals surface area contributed by atoms with Crippen molar-refractivity contribution >= 4 is 21.6 Å². The van der Waals surface area contributed by atoms with Crippen LogP contribution in [0.2, 0.25) is 0 Å². The Balaban J connectivity index is 2.35. The summed E-state index contributed by atoms with van der Waals surface area (Å²) in [7, 11) is 0. The van der Waals surface area contributed by atoms with E-state index >= 15 is 0 Å². The molecule has 0 unspecified atom stereocenters. The Hall–Kier alpha value is -1.69. The molecule has 2 rings (SSSR count). The first kappa shape index (κ1) is 14.7. The molecule has 0 radical (unpaired) electrons. The highest BCUT2D eigenvalue weighted by atomic mass is 79.9. The van der Waals surface area contributed by atoms with Crippen LogP contribution in [0, 0.1) is 6.92 Å². The van der Waals surface area contributed by atoms with E-state index in [1.54, 1.807) is 6.07 Å². The molecule has 0 heterocycles. The average molecular weight is 346 g/mol. The monoisotopic (exact) mass is 345 g/mol. The summed E-state index contributed by atoms with van der Waals surface area (Å²) in [6, 6.07) is 8.78. The Kier molecular flexibility index (Phi) is 3.94. The van der Waals surface area contributed by atoms with Crippen molar-refractivity contribution in [2.75, 3.05) is 5.73 Å². The van der Waals surface area contributed by atoms with Crippen molar-refractivity contribution < 1.29 is 17.9 Å². The van der Waals surface area contributed by atoms with Crippen molar-refractivity contribution in [3.8, 4) is 11.5 Å². The normalized spacial score (nSPS) is 11.4. The number of hydrogen-bond donors (Lipinski definition) is 1. The van der Waals surface area contributed by atoms with E-state index in [4.69, 9.17) is 10.5 Å². The molecule has 0 saturated heterocycles. The smallest absolute Gasteiger partial charge is 0.418 e. The summed E-state index contributed by atoms with van der Waals surface area (Å²) in [6.07, 6.45) is -4.51. The van der Waals surface area contributed by atoms with Gasteiger partial charge in [0, 0.05) is 5.69 Å². The Morgan fingerprint density at radius 1 is 1.10 bits per heavy atom. The molecule has 0 aliphatic carbocycles. The first-order valence-corrected chi connectivity index (χ1v) is 6.47. The summed E-state index contributed by atoms with van der Waals surface area (Å²) >= 11 is 3.31. The molecule has 0 saturated carbocycles. The van der Waals surface area contributed by atoms with E-state index in [0.717, 1.165) is 11.6 Å². The second kappa shape index (κ2) is 5.36. The number of hydrogen-bond acceptors (Lipinski definition) is 2. The van der Waals surface area contributed by atoms with Gasteiger partial charge < -0.3 is 10.5 Å². The molecule has 0 fully saturated rings. The molecule has 2 aromatic carbocycles. The summed E-state index contributed by atoms with van der Waals surface area (Å²) in [5.74, 6) is 0.518. The van der Waals surface area contributed by atoms with Crippen LogP contribution in [-0.2, 0) is 6.18 Å². The second-order valence-electron chi connectivity index (χ2n) is 4.28. The fourth-order valence-corrected chi connectivity index (χ4v) is 2.23. The predicted octanol–water partition coefficient (Wildman–Crippen LogP) is 5.15. The highest BCUT2D eigenvalue weighted by Crippen LogP contribution is 2.37. The van der Waals surface area contributed by atoms with Crippen LogP contribution in [0.5, 0.6) is 11.5 Å². The fraction of sp³-hybridized carbons (Fsp3) is 0.143. The van der Waals surface area contributed by atoms with Crippen LogP contribution in [0.3, 0.4) is 0 Å². The number of rotatable bonds is 2. The van der Waals surface area contributed by atoms with Gasteiger partial charge in [0.25, 0.3) is 0 Å². The summed E-state index contributed by atoms with van der Waals surface area (Å²) in [5, 5.41) is 0. The summed E-state index contributed by atoms with van der Waals surface area (Å²) in [5.41, 5.74) is 5.11. The maximum absolute atomic E-state index is 12.8. The molecule has 2 aromatic rings. The van der Waals surface area contributed by atoms with Gasteiger partial charge in [-0.05, 0) is 58.7 Å². The van der Waals surface area contributed by atoms with Crippen molar-refractivity contribution in [1.82, 2.24) is 0 Å². The Morgan fingerprint density at radius 2 is 1.80 bits per heavy atom. The molecule has 0 bridgehead atoms. The number of alkyl halides is 3. The van der Waals surface area contributed by atoms with Gasteiger partial charge in [0.2, 0.25) is 0 Å². The van der Waals surface area contributed by atoms with E-state index in [-0.39, 0.29) is 11.4 Å². The van der Waals surface area contributed by atoms with Gasteiger partial charge in [-0.25, -0.2) is 0 Å². The van der Waals surface area contributed by atoms with Crippen molar-refractivity contribution in [2.45, 2.75) is 13.1 Å². The molecule has 20 heavy (non-hydrogen) atoms. The number of anilines is 1. The molecule has 0 aromatic heterocycles. The van der Waals surface area contributed by atoms with Gasteiger partial charge >= 0.3 is 6.18 Å². The molecule has 0 spiro atoms. The fourth-order valence-electron chi connectivity index (χ4n) is 1.66. The molecular formula is C14H11BrF3NO. The van der Waals surface area contributed by atoms with E-state index in [9.17, 15) is 13.2 Å². The largest absolute Gasteiger partial charge is 0.456 e. The first-order chi connectivity index (χ1) is 9.27. The van der Waals surface area contributed by atoms with Gasteiger partial charge in [-0.3, -0.25) is 0 Å². The topological polar surface area (TPSA) is 35.2 Å². The van der Waals surface area contributed by atoms with E-state index in [2.05, 4.69) is 15.9 Å². The van der Waals surface area contributed by atoms with Crippen molar-refractivity contribution in [3.05, 3.63) is 52.0 Å². The standard InChI is InChI=1S/C14H11BrF3NO/c1-8-2-5-13(11(15)6-8)20-9-3-4-12(19)10(7-9)14(16,17)18/h2-7H,19H2,1H3. The summed E-state index contributed by atoms with van der Waals surface area (Å²) in [6.45, 7) is 1.90. The van der Waals surface area contributed by atoms with E-state index in [1.165, 1.54) is 12.1 Å². The van der Waals surface area contributed by atoms with Crippen LogP contribution in [-0.4, -0.2) is 0 Å². The lowest BCUT2D eigenvalue weighted by Crippen LogP contribution is -2.08. The highest BCUT2D eigenvalue weighted by molar-refractivity contribution is 9.10. The van der Waals surface area contributed by atoms with Crippen LogP contribution in [0.1, 0.15) is 11.1 Å². The number of nitrogen functional groups attached to an aromatic ring is 1. The Labute approximate surface area is 122 Å². The molecule has 0 aliphatic rings. The first-order valence-electron chi connectivity index (χ1n) is 5.68. The van der Waals surface area contributed by atoms with Crippen LogP contribution < -0.4 is 10.5 Å². The summed E-state index contributed by atoms with van der Waals surface area (Å²) < 4.78 is 44.4. The lowest BCUT2D eigenvalue weighted by Gasteiger charge is -2.13. The third-order valence-electron chi connectivity index (χ3n) is 2.65. The van der Waals surface area contributed by atoms with Crippen LogP contribution in [0.4, 0.5) is 18.9 Å². The summed E-state index contributed by atoms with van der Waals surface area (Å²) in [4.78, 5) is 0. The van der Waals surface area contributed by atoms with Gasteiger partial charge in [-0.15, -0.1) is 0 Å². The lowest BCUT2D eigenvalue weighted by molar-refractivity contribution is -0.137. The van der Waals surface area contributed by atoms with E-state index in [1.807, 2.05) is 19.1 Å². The second-order valence-corrected chi connectivity index (χ2v) is 5.14. The molecule has 0 atom stereocenters. The quantitative estimate of drug-likeness (QED) is 0.763. The van der Waals surface area contributed by atoms with E-state index in [0.29, 0.717) is 10.2 Å². The van der Waals surface area contributed by atoms with Crippen LogP contribution in [0.25, 0.3) is 0 Å². The SMILES string of the molecule is Cc1ccc(Oc2ccc(N)c(C(F)(F)F)c2)c(Br)c1. The molecule has 106 valence electrons. The van der Waals surface area contributed by atoms with Crippen molar-refractivity contribution in [1.29, 1.82) is 0 Å². The number of halogens is 4. The highest BCUT2D eigenvalue weighted by Gasteiger charge is 2.33.